The number of aromatic nitrogens is 2. The van der Waals surface area contributed by atoms with Crippen LogP contribution in [0, 0.1) is 25.2 Å². The van der Waals surface area contributed by atoms with E-state index < -0.39 is 0 Å². The van der Waals surface area contributed by atoms with Crippen LogP contribution < -0.4 is 11.1 Å². The summed E-state index contributed by atoms with van der Waals surface area (Å²) in [6.07, 6.45) is 3.42. The lowest BCUT2D eigenvalue weighted by Crippen LogP contribution is -2.11. The number of rotatable bonds is 3. The van der Waals surface area contributed by atoms with Crippen molar-refractivity contribution in [2.75, 3.05) is 11.1 Å². The van der Waals surface area contributed by atoms with E-state index in [1.807, 2.05) is 38.1 Å². The minimum atomic E-state index is -0.330. The normalized spacial score (nSPS) is 10.8. The van der Waals surface area contributed by atoms with Crippen LogP contribution in [-0.4, -0.2) is 15.9 Å². The summed E-state index contributed by atoms with van der Waals surface area (Å²) >= 11 is 2.63. The van der Waals surface area contributed by atoms with Gasteiger partial charge >= 0.3 is 0 Å². The number of carbonyl (C=O) groups excluding carboxylic acids is 1. The third-order valence-electron chi connectivity index (χ3n) is 4.50. The van der Waals surface area contributed by atoms with Gasteiger partial charge in [-0.3, -0.25) is 9.78 Å². The predicted molar refractivity (Wildman–Crippen MR) is 114 cm³/mol. The number of nitrogens with zero attached hydrogens (tertiary/aromatic N) is 3. The number of nitrogens with two attached hydrogens (primary N) is 1. The van der Waals surface area contributed by atoms with Crippen LogP contribution in [0.3, 0.4) is 0 Å². The van der Waals surface area contributed by atoms with Gasteiger partial charge in [-0.15, -0.1) is 22.7 Å². The zero-order chi connectivity index (χ0) is 19.8. The number of nitrogen functional groups attached to an aromatic ring is 1. The Balaban J connectivity index is 1.71. The molecule has 4 heterocycles. The molecule has 0 fully saturated rings. The molecule has 4 aromatic heterocycles. The van der Waals surface area contributed by atoms with E-state index in [1.54, 1.807) is 12.4 Å². The Morgan fingerprint density at radius 2 is 1.93 bits per heavy atom. The molecule has 0 aliphatic rings. The minimum Gasteiger partial charge on any atom is -0.397 e. The summed E-state index contributed by atoms with van der Waals surface area (Å²) < 4.78 is 0. The summed E-state index contributed by atoms with van der Waals surface area (Å²) in [6.45, 7) is 3.80. The lowest BCUT2D eigenvalue weighted by atomic mass is 10.1. The van der Waals surface area contributed by atoms with Crippen molar-refractivity contribution < 1.29 is 4.79 Å². The van der Waals surface area contributed by atoms with Crippen LogP contribution in [0.1, 0.15) is 25.7 Å². The van der Waals surface area contributed by atoms with Crippen molar-refractivity contribution in [1.29, 1.82) is 5.26 Å². The first-order valence-corrected chi connectivity index (χ1v) is 10.0. The highest BCUT2D eigenvalue weighted by Gasteiger charge is 2.21. The first kappa shape index (κ1) is 18.1. The molecule has 0 aliphatic carbocycles. The maximum absolute atomic E-state index is 12.8. The number of carbonyl (C=O) groups is 1. The predicted octanol–water partition coefficient (Wildman–Crippen LogP) is 4.74. The standard InChI is InChI=1S/C20H15N5OS2/c1-10-11(2)27-20(14(10)9-21)25-18(26)17-16(22)13-3-4-15(24-19(13)28-17)12-5-7-23-8-6-12/h3-8H,22H2,1-2H3,(H,25,26). The first-order chi connectivity index (χ1) is 13.5. The lowest BCUT2D eigenvalue weighted by Gasteiger charge is -2.02. The second-order valence-electron chi connectivity index (χ2n) is 6.18. The van der Waals surface area contributed by atoms with Crippen molar-refractivity contribution in [2.24, 2.45) is 0 Å². The number of nitrogens with one attached hydrogen (secondary N) is 1. The number of pyridine rings is 2. The molecule has 8 heteroatoms. The highest BCUT2D eigenvalue weighted by molar-refractivity contribution is 7.21. The number of hydrogen-bond acceptors (Lipinski definition) is 7. The van der Waals surface area contributed by atoms with Crippen molar-refractivity contribution in [3.63, 3.8) is 0 Å². The number of amides is 1. The number of hydrogen-bond donors (Lipinski definition) is 2. The second kappa shape index (κ2) is 7.03. The molecule has 4 rings (SSSR count). The van der Waals surface area contributed by atoms with Crippen molar-refractivity contribution in [3.05, 3.63) is 57.5 Å². The fraction of sp³-hybridized carbons (Fsp3) is 0.100. The molecule has 0 spiro atoms. The molecule has 6 nitrogen and oxygen atoms in total. The number of aryl methyl sites for hydroxylation is 1. The highest BCUT2D eigenvalue weighted by atomic mass is 32.1. The zero-order valence-electron chi connectivity index (χ0n) is 15.1. The van der Waals surface area contributed by atoms with Crippen LogP contribution in [0.4, 0.5) is 10.7 Å². The van der Waals surface area contributed by atoms with E-state index in [4.69, 9.17) is 5.73 Å². The van der Waals surface area contributed by atoms with Gasteiger partial charge in [0.1, 0.15) is 20.8 Å². The Morgan fingerprint density at radius 1 is 1.18 bits per heavy atom. The van der Waals surface area contributed by atoms with Gasteiger partial charge in [-0.1, -0.05) is 0 Å². The van der Waals surface area contributed by atoms with Gasteiger partial charge in [-0.2, -0.15) is 5.26 Å². The summed E-state index contributed by atoms with van der Waals surface area (Å²) in [7, 11) is 0. The fourth-order valence-electron chi connectivity index (χ4n) is 2.86. The lowest BCUT2D eigenvalue weighted by molar-refractivity contribution is 0.103. The van der Waals surface area contributed by atoms with E-state index in [0.717, 1.165) is 27.1 Å². The van der Waals surface area contributed by atoms with Gasteiger partial charge in [0.05, 0.1) is 16.9 Å². The number of nitriles is 1. The third kappa shape index (κ3) is 3.01. The maximum atomic E-state index is 12.8. The Bertz CT molecular complexity index is 1250. The first-order valence-electron chi connectivity index (χ1n) is 8.40. The molecule has 0 aromatic carbocycles. The fourth-order valence-corrected chi connectivity index (χ4v) is 4.85. The summed E-state index contributed by atoms with van der Waals surface area (Å²) in [6, 6.07) is 9.67. The maximum Gasteiger partial charge on any atom is 0.268 e. The average Bonchev–Trinajstić information content (AvgIpc) is 3.18. The van der Waals surface area contributed by atoms with E-state index in [9.17, 15) is 10.1 Å². The third-order valence-corrected chi connectivity index (χ3v) is 6.74. The molecule has 138 valence electrons. The quantitative estimate of drug-likeness (QED) is 0.512. The topological polar surface area (TPSA) is 105 Å². The molecule has 0 saturated carbocycles. The largest absolute Gasteiger partial charge is 0.397 e. The molecular weight excluding hydrogens is 390 g/mol. The van der Waals surface area contributed by atoms with Crippen molar-refractivity contribution >= 4 is 49.5 Å². The van der Waals surface area contributed by atoms with Crippen LogP contribution in [0.25, 0.3) is 21.5 Å². The monoisotopic (exact) mass is 405 g/mol. The molecule has 28 heavy (non-hydrogen) atoms. The summed E-state index contributed by atoms with van der Waals surface area (Å²) in [5, 5.41) is 13.5. The zero-order valence-corrected chi connectivity index (χ0v) is 16.7. The number of thiophene rings is 2. The Hall–Kier alpha value is -3.28. The van der Waals surface area contributed by atoms with E-state index in [1.165, 1.54) is 22.7 Å². The molecule has 3 N–H and O–H groups in total. The Labute approximate surface area is 169 Å². The molecule has 0 unspecified atom stereocenters. The highest BCUT2D eigenvalue weighted by Crippen LogP contribution is 2.36. The van der Waals surface area contributed by atoms with Gasteiger partial charge in [0, 0.05) is 28.2 Å². The van der Waals surface area contributed by atoms with Crippen LogP contribution in [0.2, 0.25) is 0 Å². The molecule has 4 aromatic rings. The van der Waals surface area contributed by atoms with E-state index in [0.29, 0.717) is 26.0 Å². The molecule has 1 amide bonds. The smallest absolute Gasteiger partial charge is 0.268 e. The van der Waals surface area contributed by atoms with E-state index in [2.05, 4.69) is 21.4 Å². The Kier molecular flexibility index (Phi) is 4.55. The molecule has 0 radical (unpaired) electrons. The summed E-state index contributed by atoms with van der Waals surface area (Å²) in [5.41, 5.74) is 9.74. The van der Waals surface area contributed by atoms with Gasteiger partial charge in [-0.05, 0) is 43.7 Å². The molecule has 0 bridgehead atoms. The van der Waals surface area contributed by atoms with Crippen LogP contribution >= 0.6 is 22.7 Å². The van der Waals surface area contributed by atoms with Gasteiger partial charge in [0.25, 0.3) is 5.91 Å². The number of anilines is 2. The van der Waals surface area contributed by atoms with Gasteiger partial charge in [-0.25, -0.2) is 4.98 Å². The molecular formula is C20H15N5OS2. The van der Waals surface area contributed by atoms with Gasteiger partial charge in [0.15, 0.2) is 0 Å². The molecule has 0 aliphatic heterocycles. The number of fused-ring (bicyclic) bond motifs is 1. The average molecular weight is 406 g/mol. The van der Waals surface area contributed by atoms with Gasteiger partial charge < -0.3 is 11.1 Å². The van der Waals surface area contributed by atoms with E-state index in [-0.39, 0.29) is 5.91 Å². The Morgan fingerprint density at radius 3 is 2.64 bits per heavy atom. The van der Waals surface area contributed by atoms with Crippen LogP contribution in [0.5, 0.6) is 0 Å². The van der Waals surface area contributed by atoms with Crippen LogP contribution in [-0.2, 0) is 0 Å². The molecule has 0 atom stereocenters. The van der Waals surface area contributed by atoms with Crippen LogP contribution in [0.15, 0.2) is 36.7 Å². The van der Waals surface area contributed by atoms with Crippen molar-refractivity contribution in [2.45, 2.75) is 13.8 Å². The molecule has 0 saturated heterocycles. The SMILES string of the molecule is Cc1sc(NC(=O)c2sc3nc(-c4ccncc4)ccc3c2N)c(C#N)c1C. The minimum absolute atomic E-state index is 0.330. The summed E-state index contributed by atoms with van der Waals surface area (Å²) in [5.74, 6) is -0.330. The van der Waals surface area contributed by atoms with Gasteiger partial charge in [0.2, 0.25) is 0 Å². The van der Waals surface area contributed by atoms with E-state index >= 15 is 0 Å². The second-order valence-corrected chi connectivity index (χ2v) is 8.41. The summed E-state index contributed by atoms with van der Waals surface area (Å²) in [4.78, 5) is 23.6. The van der Waals surface area contributed by atoms with Crippen molar-refractivity contribution in [3.8, 4) is 17.3 Å². The van der Waals surface area contributed by atoms with Crippen molar-refractivity contribution in [1.82, 2.24) is 9.97 Å².